The van der Waals surface area contributed by atoms with Crippen molar-refractivity contribution in [3.63, 3.8) is 0 Å². The van der Waals surface area contributed by atoms with Crippen molar-refractivity contribution < 1.29 is 0 Å². The second-order valence-corrected chi connectivity index (χ2v) is 25.9. The van der Waals surface area contributed by atoms with Gasteiger partial charge < -0.3 is 4.90 Å². The van der Waals surface area contributed by atoms with Gasteiger partial charge in [-0.2, -0.15) is 0 Å². The van der Waals surface area contributed by atoms with Gasteiger partial charge in [-0.3, -0.25) is 0 Å². The van der Waals surface area contributed by atoms with E-state index in [0.717, 1.165) is 6.54 Å². The lowest BCUT2D eigenvalue weighted by molar-refractivity contribution is 0.739. The molecular formula is C77H51NP2. The van der Waals surface area contributed by atoms with E-state index < -0.39 is 20.5 Å². The van der Waals surface area contributed by atoms with E-state index in [2.05, 4.69) is 291 Å². The van der Waals surface area contributed by atoms with Crippen LogP contribution in [0.2, 0.25) is 0 Å². The lowest BCUT2D eigenvalue weighted by Gasteiger charge is -2.44. The van der Waals surface area contributed by atoms with Crippen molar-refractivity contribution in [2.24, 2.45) is 0 Å². The molecule has 80 heavy (non-hydrogen) atoms. The van der Waals surface area contributed by atoms with Crippen molar-refractivity contribution >= 4 is 90.0 Å². The predicted octanol–water partition coefficient (Wildman–Crippen LogP) is 22.4. The number of hydrogen-bond donors (Lipinski definition) is 0. The minimum atomic E-state index is -0.753. The molecule has 0 saturated heterocycles. The molecule has 1 aliphatic heterocycles. The molecule has 2 unspecified atom stereocenters. The summed E-state index contributed by atoms with van der Waals surface area (Å²) < 4.78 is 0. The van der Waals surface area contributed by atoms with Crippen molar-refractivity contribution in [3.8, 4) is 55.1 Å². The minimum Gasteiger partial charge on any atom is -0.341 e. The van der Waals surface area contributed by atoms with Crippen LogP contribution < -0.4 is 4.90 Å². The maximum atomic E-state index is 2.57. The Morgan fingerprint density at radius 3 is 1.23 bits per heavy atom. The first-order valence-corrected chi connectivity index (χ1v) is 30.8. The summed E-state index contributed by atoms with van der Waals surface area (Å²) in [6.07, 6.45) is 0. The van der Waals surface area contributed by atoms with Gasteiger partial charge in [-0.15, -0.1) is 0 Å². The molecular weight excluding hydrogens is 1000 g/mol. The second-order valence-electron chi connectivity index (χ2n) is 21.6. The van der Waals surface area contributed by atoms with E-state index in [1.165, 1.54) is 152 Å². The molecule has 2 aromatic heterocycles. The molecule has 374 valence electrons. The van der Waals surface area contributed by atoms with E-state index in [9.17, 15) is 0 Å². The van der Waals surface area contributed by atoms with Crippen molar-refractivity contribution in [3.05, 3.63) is 301 Å². The highest BCUT2D eigenvalue weighted by Crippen LogP contribution is 2.65. The Morgan fingerprint density at radius 1 is 0.287 bits per heavy atom. The number of para-hydroxylation sites is 2. The van der Waals surface area contributed by atoms with Crippen LogP contribution in [0.15, 0.2) is 279 Å². The van der Waals surface area contributed by atoms with Crippen LogP contribution in [0.1, 0.15) is 29.2 Å². The fourth-order valence-corrected chi connectivity index (χ4v) is 20.2. The predicted molar refractivity (Wildman–Crippen MR) is 346 cm³/mol. The largest absolute Gasteiger partial charge is 0.341 e. The molecule has 0 fully saturated rings. The van der Waals surface area contributed by atoms with Crippen molar-refractivity contribution in [2.45, 2.75) is 12.3 Å². The zero-order chi connectivity index (χ0) is 52.6. The molecule has 0 amide bonds. The molecule has 13 aromatic carbocycles. The summed E-state index contributed by atoms with van der Waals surface area (Å²) in [4.78, 5) is 2.52. The van der Waals surface area contributed by atoms with Crippen molar-refractivity contribution in [1.29, 1.82) is 0 Å². The summed E-state index contributed by atoms with van der Waals surface area (Å²) in [7, 11) is -1.51. The monoisotopic (exact) mass is 1050 g/mol. The first kappa shape index (κ1) is 45.8. The first-order valence-electron chi connectivity index (χ1n) is 28.1. The van der Waals surface area contributed by atoms with Crippen LogP contribution in [-0.4, -0.2) is 6.54 Å². The third kappa shape index (κ3) is 6.20. The summed E-state index contributed by atoms with van der Waals surface area (Å²) in [6.45, 7) is 3.16. The summed E-state index contributed by atoms with van der Waals surface area (Å²) in [5, 5.41) is 18.9. The van der Waals surface area contributed by atoms with Crippen LogP contribution in [0, 0.1) is 0 Å². The number of hydrogen-bond acceptors (Lipinski definition) is 1. The summed E-state index contributed by atoms with van der Waals surface area (Å²) >= 11 is 0. The standard InChI is InChI=1S/C77H51NP2/c1-2-78-67-42-15-13-39-64(67)77(65-40-14-16-43-68(65)78)63-38-12-9-28-57(63)74-60(37-21-41-66(74)77)73-55-33-19-31-51(53-35-22-46-71-75(53)58-29-10-17-44-69(58)79(71)49-24-5-3-6-25-49)61(55)48-62-52(32-20-34-56(62)73)54-36-23-47-72-76(54)59-30-11-18-45-70(59)80(72)50-26-7-4-8-27-50/h3-48H,2H2,1H3. The van der Waals surface area contributed by atoms with E-state index in [0.29, 0.717) is 0 Å². The molecule has 2 atom stereocenters. The molecule has 15 aromatic rings. The number of benzene rings is 13. The van der Waals surface area contributed by atoms with Gasteiger partial charge in [0.2, 0.25) is 0 Å². The third-order valence-corrected chi connectivity index (χ3v) is 23.0. The summed E-state index contributed by atoms with van der Waals surface area (Å²) in [6, 6.07) is 107. The van der Waals surface area contributed by atoms with E-state index in [1.54, 1.807) is 0 Å². The Balaban J connectivity index is 1.02. The second kappa shape index (κ2) is 17.6. The van der Waals surface area contributed by atoms with Crippen LogP contribution in [0.25, 0.3) is 119 Å². The molecule has 0 saturated carbocycles. The fourth-order valence-electron chi connectivity index (χ4n) is 14.9. The van der Waals surface area contributed by atoms with Gasteiger partial charge in [-0.1, -0.05) is 264 Å². The first-order chi connectivity index (χ1) is 39.7. The molecule has 0 radical (unpaired) electrons. The zero-order valence-corrected chi connectivity index (χ0v) is 45.9. The van der Waals surface area contributed by atoms with Crippen LogP contribution in [0.4, 0.5) is 11.4 Å². The van der Waals surface area contributed by atoms with E-state index in [-0.39, 0.29) is 0 Å². The fraction of sp³-hybridized carbons (Fsp3) is 0.0390. The molecule has 3 heteroatoms. The van der Waals surface area contributed by atoms with Crippen LogP contribution in [-0.2, 0) is 5.41 Å². The normalized spacial score (nSPS) is 13.6. The quantitative estimate of drug-likeness (QED) is 0.150. The molecule has 0 N–H and O–H groups in total. The minimum absolute atomic E-state index is 0.540. The van der Waals surface area contributed by atoms with Gasteiger partial charge in [0.15, 0.2) is 0 Å². The molecule has 1 nitrogen and oxygen atoms in total. The van der Waals surface area contributed by atoms with E-state index in [1.807, 2.05) is 0 Å². The van der Waals surface area contributed by atoms with E-state index >= 15 is 0 Å². The third-order valence-electron chi connectivity index (χ3n) is 17.9. The average Bonchev–Trinajstić information content (AvgIpc) is 4.06. The van der Waals surface area contributed by atoms with Crippen molar-refractivity contribution in [2.75, 3.05) is 11.4 Å². The van der Waals surface area contributed by atoms with Crippen LogP contribution in [0.5, 0.6) is 0 Å². The van der Waals surface area contributed by atoms with Gasteiger partial charge >= 0.3 is 0 Å². The molecule has 0 bridgehead atoms. The highest BCUT2D eigenvalue weighted by atomic mass is 31.1. The molecule has 3 heterocycles. The number of rotatable bonds is 6. The highest BCUT2D eigenvalue weighted by Gasteiger charge is 2.52. The van der Waals surface area contributed by atoms with Crippen molar-refractivity contribution in [1.82, 2.24) is 0 Å². The zero-order valence-electron chi connectivity index (χ0n) is 44.1. The lowest BCUT2D eigenvalue weighted by Crippen LogP contribution is -2.37. The topological polar surface area (TPSA) is 3.24 Å². The molecule has 1 spiro atoms. The SMILES string of the molecule is CCN1c2ccccc2C2(c3ccccc3-c3c(-c4c5cccc(-c6cccc7c6c6ccccc6p7-c6ccccc6)c5cc5c(-c6cccc7c6c6ccccc6p7-c6ccccc6)cccc45)cccc32)c2ccccc21. The Morgan fingerprint density at radius 2 is 0.675 bits per heavy atom. The van der Waals surface area contributed by atoms with E-state index in [4.69, 9.17) is 0 Å². The Labute approximate surface area is 467 Å². The Bertz CT molecular complexity index is 4800. The van der Waals surface area contributed by atoms with Gasteiger partial charge in [0.05, 0.1) is 5.41 Å². The lowest BCUT2D eigenvalue weighted by atomic mass is 9.64. The molecule has 1 aliphatic carbocycles. The smallest absolute Gasteiger partial charge is 0.0754 e. The van der Waals surface area contributed by atoms with Gasteiger partial charge in [0, 0.05) is 49.2 Å². The maximum Gasteiger partial charge on any atom is 0.0754 e. The van der Waals surface area contributed by atoms with Crippen LogP contribution in [0.3, 0.4) is 0 Å². The Hall–Kier alpha value is -9.22. The van der Waals surface area contributed by atoms with Gasteiger partial charge in [-0.25, -0.2) is 0 Å². The van der Waals surface area contributed by atoms with Gasteiger partial charge in [0.25, 0.3) is 0 Å². The number of anilines is 2. The molecule has 2 aliphatic rings. The highest BCUT2D eigenvalue weighted by molar-refractivity contribution is 7.68. The number of nitrogens with zero attached hydrogens (tertiary/aromatic N) is 1. The Kier molecular flexibility index (Phi) is 10.1. The maximum absolute atomic E-state index is 2.57. The number of fused-ring (bicyclic) bond motifs is 17. The summed E-state index contributed by atoms with van der Waals surface area (Å²) in [5.74, 6) is 0. The molecule has 17 rings (SSSR count). The average molecular weight is 1050 g/mol. The van der Waals surface area contributed by atoms with Gasteiger partial charge in [0.1, 0.15) is 0 Å². The van der Waals surface area contributed by atoms with Crippen LogP contribution >= 0.6 is 15.1 Å². The summed E-state index contributed by atoms with van der Waals surface area (Å²) in [5.41, 5.74) is 17.6. The van der Waals surface area contributed by atoms with Gasteiger partial charge in [-0.05, 0) is 147 Å².